The number of amides is 1. The number of anilines is 1. The lowest BCUT2D eigenvalue weighted by Crippen LogP contribution is -2.50. The first-order chi connectivity index (χ1) is 9.04. The molecule has 1 aliphatic heterocycles. The molecule has 0 radical (unpaired) electrons. The van der Waals surface area contributed by atoms with Gasteiger partial charge in [0.05, 0.1) is 0 Å². The molecule has 2 fully saturated rings. The van der Waals surface area contributed by atoms with E-state index in [4.69, 9.17) is 0 Å². The fraction of sp³-hybridized carbons (Fsp3) is 0.357. The second kappa shape index (κ2) is 3.91. The Morgan fingerprint density at radius 1 is 1.00 bits per heavy atom. The van der Waals surface area contributed by atoms with Gasteiger partial charge >= 0.3 is 0 Å². The van der Waals surface area contributed by atoms with Crippen LogP contribution in [-0.2, 0) is 14.4 Å². The van der Waals surface area contributed by atoms with Gasteiger partial charge in [-0.1, -0.05) is 0 Å². The minimum absolute atomic E-state index is 0.0956. The lowest BCUT2D eigenvalue weighted by molar-refractivity contribution is -0.136. The third kappa shape index (κ3) is 1.58. The Morgan fingerprint density at radius 3 is 2.21 bits per heavy atom. The molecule has 5 nitrogen and oxygen atoms in total. The quantitative estimate of drug-likeness (QED) is 0.769. The van der Waals surface area contributed by atoms with E-state index in [-0.39, 0.29) is 24.5 Å². The maximum atomic E-state index is 12.1. The summed E-state index contributed by atoms with van der Waals surface area (Å²) in [6, 6.07) is 6.12. The number of hydrogen-bond acceptors (Lipinski definition) is 4. The lowest BCUT2D eigenvalue weighted by Gasteiger charge is -2.32. The summed E-state index contributed by atoms with van der Waals surface area (Å²) in [5.74, 6) is -0.892. The van der Waals surface area contributed by atoms with Crippen molar-refractivity contribution in [2.24, 2.45) is 0 Å². The van der Waals surface area contributed by atoms with Crippen LogP contribution in [-0.4, -0.2) is 28.1 Å². The molecule has 1 atom stereocenters. The van der Waals surface area contributed by atoms with Gasteiger partial charge in [0.25, 0.3) is 0 Å². The van der Waals surface area contributed by atoms with E-state index in [1.54, 1.807) is 12.1 Å². The zero-order valence-corrected chi connectivity index (χ0v) is 10.3. The highest BCUT2D eigenvalue weighted by Gasteiger charge is 2.56. The molecule has 1 saturated carbocycles. The maximum absolute atomic E-state index is 12.1. The van der Waals surface area contributed by atoms with E-state index >= 15 is 0 Å². The van der Waals surface area contributed by atoms with Gasteiger partial charge in [0.1, 0.15) is 11.3 Å². The minimum atomic E-state index is -0.981. The van der Waals surface area contributed by atoms with Gasteiger partial charge in [-0.25, -0.2) is 0 Å². The number of hydrogen-bond donors (Lipinski definition) is 1. The van der Waals surface area contributed by atoms with E-state index in [0.717, 1.165) is 0 Å². The number of nitrogens with zero attached hydrogens (tertiary/aromatic N) is 1. The van der Waals surface area contributed by atoms with Crippen molar-refractivity contribution in [3.8, 4) is 5.75 Å². The zero-order valence-electron chi connectivity index (χ0n) is 10.3. The van der Waals surface area contributed by atoms with Gasteiger partial charge in [-0.2, -0.15) is 0 Å². The summed E-state index contributed by atoms with van der Waals surface area (Å²) in [5.41, 5.74) is -0.422. The number of Topliss-reactive ketones (excluding diaryl/α,β-unsaturated/α-hetero) is 2. The molecule has 0 bridgehead atoms. The van der Waals surface area contributed by atoms with Crippen LogP contribution in [0.4, 0.5) is 5.69 Å². The minimum Gasteiger partial charge on any atom is -0.508 e. The van der Waals surface area contributed by atoms with Crippen LogP contribution in [0.15, 0.2) is 24.3 Å². The van der Waals surface area contributed by atoms with Gasteiger partial charge in [0.15, 0.2) is 0 Å². The normalized spacial score (nSPS) is 26.7. The average Bonchev–Trinajstić information content (AvgIpc) is 2.88. The molecular weight excluding hydrogens is 246 g/mol. The highest BCUT2D eigenvalue weighted by molar-refractivity contribution is 6.44. The molecule has 1 aliphatic carbocycles. The molecule has 19 heavy (non-hydrogen) atoms. The first kappa shape index (κ1) is 11.9. The summed E-state index contributed by atoms with van der Waals surface area (Å²) in [6.07, 6.45) is 1.29. The van der Waals surface area contributed by atoms with Gasteiger partial charge in [0.2, 0.25) is 17.5 Å². The molecule has 1 amide bonds. The smallest absolute Gasteiger partial charge is 0.227 e. The third-order valence-corrected chi connectivity index (χ3v) is 3.98. The Labute approximate surface area is 109 Å². The average molecular weight is 259 g/mol. The summed E-state index contributed by atoms with van der Waals surface area (Å²) in [5, 5.41) is 9.29. The Kier molecular flexibility index (Phi) is 2.45. The molecule has 1 saturated heterocycles. The molecule has 2 aliphatic rings. The van der Waals surface area contributed by atoms with Crippen molar-refractivity contribution < 1.29 is 19.5 Å². The molecule has 5 heteroatoms. The van der Waals surface area contributed by atoms with Crippen LogP contribution in [0.3, 0.4) is 0 Å². The van der Waals surface area contributed by atoms with Crippen molar-refractivity contribution in [2.45, 2.75) is 31.2 Å². The van der Waals surface area contributed by atoms with Gasteiger partial charge in [0, 0.05) is 18.5 Å². The van der Waals surface area contributed by atoms with Gasteiger partial charge in [-0.15, -0.1) is 0 Å². The van der Waals surface area contributed by atoms with Crippen LogP contribution in [0, 0.1) is 0 Å². The second-order valence-corrected chi connectivity index (χ2v) is 5.03. The molecule has 1 spiro atoms. The first-order valence-corrected chi connectivity index (χ1v) is 6.24. The van der Waals surface area contributed by atoms with Crippen LogP contribution < -0.4 is 4.90 Å². The summed E-state index contributed by atoms with van der Waals surface area (Å²) in [7, 11) is 0. The topological polar surface area (TPSA) is 74.7 Å². The van der Waals surface area contributed by atoms with Crippen molar-refractivity contribution >= 4 is 23.2 Å². The monoisotopic (exact) mass is 259 g/mol. The lowest BCUT2D eigenvalue weighted by atomic mass is 9.92. The molecule has 0 aromatic heterocycles. The molecule has 1 unspecified atom stereocenters. The van der Waals surface area contributed by atoms with Crippen molar-refractivity contribution in [1.29, 1.82) is 0 Å². The maximum Gasteiger partial charge on any atom is 0.227 e. The number of rotatable bonds is 1. The van der Waals surface area contributed by atoms with Crippen molar-refractivity contribution in [3.63, 3.8) is 0 Å². The molecular formula is C14H13NO4. The second-order valence-electron chi connectivity index (χ2n) is 5.03. The van der Waals surface area contributed by atoms with E-state index in [9.17, 15) is 19.5 Å². The number of benzene rings is 1. The molecule has 3 rings (SSSR count). The van der Waals surface area contributed by atoms with Gasteiger partial charge in [-0.3, -0.25) is 19.3 Å². The number of carbonyl (C=O) groups excluding carboxylic acids is 3. The van der Waals surface area contributed by atoms with E-state index < -0.39 is 17.1 Å². The Hall–Kier alpha value is -2.17. The Bertz CT molecular complexity index is 574. The summed E-state index contributed by atoms with van der Waals surface area (Å²) < 4.78 is 0. The van der Waals surface area contributed by atoms with Crippen LogP contribution in [0.25, 0.3) is 0 Å². The van der Waals surface area contributed by atoms with Gasteiger partial charge in [-0.05, 0) is 37.1 Å². The number of ketones is 2. The molecule has 1 aromatic carbocycles. The Balaban J connectivity index is 2.07. The van der Waals surface area contributed by atoms with E-state index in [0.29, 0.717) is 18.5 Å². The fourth-order valence-electron chi connectivity index (χ4n) is 3.03. The largest absolute Gasteiger partial charge is 0.508 e. The predicted molar refractivity (Wildman–Crippen MR) is 66.8 cm³/mol. The molecule has 98 valence electrons. The van der Waals surface area contributed by atoms with Crippen molar-refractivity contribution in [3.05, 3.63) is 24.3 Å². The summed E-state index contributed by atoms with van der Waals surface area (Å²) in [6.45, 7) is 0. The van der Waals surface area contributed by atoms with E-state index in [1.807, 2.05) is 0 Å². The highest BCUT2D eigenvalue weighted by atomic mass is 16.3. The van der Waals surface area contributed by atoms with Crippen molar-refractivity contribution in [2.75, 3.05) is 4.90 Å². The van der Waals surface area contributed by atoms with Crippen LogP contribution in [0.1, 0.15) is 25.7 Å². The highest BCUT2D eigenvalue weighted by Crippen LogP contribution is 2.43. The molecule has 1 aromatic rings. The SMILES string of the molecule is O=C1CCC2(CCC(=O)N2c2ccc(O)cc2)C1=O. The number of carbonyl (C=O) groups is 3. The molecule has 1 N–H and O–H groups in total. The number of phenols is 1. The third-order valence-electron chi connectivity index (χ3n) is 3.98. The fourth-order valence-corrected chi connectivity index (χ4v) is 3.03. The number of aromatic hydroxyl groups is 1. The standard InChI is InChI=1S/C14H13NO4/c16-10-3-1-9(2-4-10)15-12(18)6-8-14(15)7-5-11(17)13(14)19/h1-4,16H,5-8H2. The summed E-state index contributed by atoms with van der Waals surface area (Å²) >= 11 is 0. The predicted octanol–water partition coefficient (Wildman–Crippen LogP) is 1.19. The molecule has 1 heterocycles. The van der Waals surface area contributed by atoms with Crippen molar-refractivity contribution in [1.82, 2.24) is 0 Å². The Morgan fingerprint density at radius 2 is 1.63 bits per heavy atom. The zero-order chi connectivity index (χ0) is 13.6. The van der Waals surface area contributed by atoms with Crippen LogP contribution >= 0.6 is 0 Å². The number of phenolic OH excluding ortho intramolecular Hbond substituents is 1. The first-order valence-electron chi connectivity index (χ1n) is 6.24. The summed E-state index contributed by atoms with van der Waals surface area (Å²) in [4.78, 5) is 37.2. The van der Waals surface area contributed by atoms with Gasteiger partial charge < -0.3 is 5.11 Å². The van der Waals surface area contributed by atoms with E-state index in [1.165, 1.54) is 17.0 Å². The van der Waals surface area contributed by atoms with E-state index in [2.05, 4.69) is 0 Å². The van der Waals surface area contributed by atoms with Crippen LogP contribution in [0.5, 0.6) is 5.75 Å². The van der Waals surface area contributed by atoms with Crippen LogP contribution in [0.2, 0.25) is 0 Å².